The van der Waals surface area contributed by atoms with E-state index in [1.54, 1.807) is 11.5 Å². The van der Waals surface area contributed by atoms with Crippen LogP contribution in [0.2, 0.25) is 0 Å². The van der Waals surface area contributed by atoms with Gasteiger partial charge in [0, 0.05) is 82.0 Å². The van der Waals surface area contributed by atoms with E-state index in [1.807, 2.05) is 51.6 Å². The van der Waals surface area contributed by atoms with Crippen LogP contribution in [-0.4, -0.2) is 61.2 Å². The maximum Gasteiger partial charge on any atom is 0.303 e. The first-order valence-corrected chi connectivity index (χ1v) is 16.9. The van der Waals surface area contributed by atoms with Crippen molar-refractivity contribution in [3.8, 4) is 0 Å². The summed E-state index contributed by atoms with van der Waals surface area (Å²) in [6.45, 7) is 7.98. The Morgan fingerprint density at radius 1 is 1.02 bits per heavy atom. The van der Waals surface area contributed by atoms with E-state index >= 15 is 0 Å². The van der Waals surface area contributed by atoms with Crippen LogP contribution in [0.3, 0.4) is 0 Å². The van der Waals surface area contributed by atoms with Crippen molar-refractivity contribution >= 4 is 54.4 Å². The van der Waals surface area contributed by atoms with Crippen molar-refractivity contribution < 1.29 is 29.7 Å². The number of rotatable bonds is 12. The fourth-order valence-electron chi connectivity index (χ4n) is 6.87. The number of aliphatic carboxylic acids is 2. The largest absolute Gasteiger partial charge is 0.495 e. The number of amides is 1. The van der Waals surface area contributed by atoms with Crippen LogP contribution in [0.4, 0.5) is 0 Å². The van der Waals surface area contributed by atoms with Crippen molar-refractivity contribution in [2.45, 2.75) is 77.1 Å². The Balaban J connectivity index is 1.49. The highest BCUT2D eigenvalue weighted by molar-refractivity contribution is 8.06. The van der Waals surface area contributed by atoms with Gasteiger partial charge in [0.2, 0.25) is 5.91 Å². The van der Waals surface area contributed by atoms with Gasteiger partial charge in [-0.3, -0.25) is 14.4 Å². The lowest BCUT2D eigenvalue weighted by Gasteiger charge is -2.23. The molecule has 0 aliphatic carbocycles. The number of carboxylic acid groups (broad SMARTS) is 2. The number of aliphatic hydroxyl groups excluding tert-OH is 1. The quantitative estimate of drug-likeness (QED) is 0.116. The van der Waals surface area contributed by atoms with Gasteiger partial charge in [-0.05, 0) is 79.0 Å². The van der Waals surface area contributed by atoms with Crippen LogP contribution < -0.4 is 16.0 Å². The van der Waals surface area contributed by atoms with Crippen molar-refractivity contribution in [1.29, 1.82) is 0 Å². The maximum absolute atomic E-state index is 12.6. The second-order valence-electron chi connectivity index (χ2n) is 12.4. The van der Waals surface area contributed by atoms with Crippen LogP contribution in [-0.2, 0) is 20.8 Å². The van der Waals surface area contributed by atoms with Crippen LogP contribution in [0, 0.1) is 24.7 Å². The van der Waals surface area contributed by atoms with Gasteiger partial charge in [-0.25, -0.2) is 0 Å². The van der Waals surface area contributed by atoms with Gasteiger partial charge in [0.15, 0.2) is 5.88 Å². The third-order valence-corrected chi connectivity index (χ3v) is 10.8. The minimum Gasteiger partial charge on any atom is -0.495 e. The average Bonchev–Trinajstić information content (AvgIpc) is 3.56. The number of carboxylic acids is 2. The molecule has 1 aromatic heterocycles. The van der Waals surface area contributed by atoms with Crippen molar-refractivity contribution in [2.75, 3.05) is 5.75 Å². The molecule has 10 nitrogen and oxygen atoms in total. The first kappa shape index (κ1) is 32.9. The molecular formula is C33H42N4O6S2. The summed E-state index contributed by atoms with van der Waals surface area (Å²) >= 11 is 6.01. The molecular weight excluding hydrogens is 613 g/mol. The molecule has 6 atom stereocenters. The van der Waals surface area contributed by atoms with Crippen LogP contribution in [0.25, 0.3) is 12.2 Å². The number of hydrogen-bond donors (Lipinski definition) is 8. The molecule has 0 saturated carbocycles. The van der Waals surface area contributed by atoms with E-state index in [2.05, 4.69) is 33.6 Å². The molecule has 242 valence electrons. The maximum atomic E-state index is 12.6. The molecule has 2 unspecified atom stereocenters. The van der Waals surface area contributed by atoms with Crippen molar-refractivity contribution in [3.63, 3.8) is 0 Å². The van der Waals surface area contributed by atoms with Crippen LogP contribution >= 0.6 is 24.4 Å². The molecule has 4 aliphatic rings. The lowest BCUT2D eigenvalue weighted by molar-refractivity contribution is -0.138. The summed E-state index contributed by atoms with van der Waals surface area (Å²) in [5.74, 6) is -0.541. The van der Waals surface area contributed by atoms with Gasteiger partial charge >= 0.3 is 11.9 Å². The summed E-state index contributed by atoms with van der Waals surface area (Å²) in [6, 6.07) is -0.144. The summed E-state index contributed by atoms with van der Waals surface area (Å²) in [4.78, 5) is 39.3. The Hall–Kier alpha value is -3.51. The van der Waals surface area contributed by atoms with Crippen LogP contribution in [0.1, 0.15) is 69.0 Å². The van der Waals surface area contributed by atoms with Gasteiger partial charge in [0.1, 0.15) is 0 Å². The monoisotopic (exact) mass is 654 g/mol. The normalized spacial score (nSPS) is 29.7. The summed E-state index contributed by atoms with van der Waals surface area (Å²) in [5, 5.41) is 41.4. The Kier molecular flexibility index (Phi) is 9.83. The smallest absolute Gasteiger partial charge is 0.303 e. The number of carbonyl (C=O) groups excluding carboxylic acids is 1. The van der Waals surface area contributed by atoms with Crippen molar-refractivity contribution in [1.82, 2.24) is 20.9 Å². The highest BCUT2D eigenvalue weighted by Crippen LogP contribution is 2.46. The van der Waals surface area contributed by atoms with Crippen molar-refractivity contribution in [3.05, 3.63) is 68.0 Å². The number of H-pyrrole nitrogens is 1. The zero-order valence-electron chi connectivity index (χ0n) is 25.9. The summed E-state index contributed by atoms with van der Waals surface area (Å²) in [5.41, 5.74) is 7.79. The van der Waals surface area contributed by atoms with Gasteiger partial charge in [0.05, 0.1) is 0 Å². The molecule has 5 rings (SSSR count). The van der Waals surface area contributed by atoms with Gasteiger partial charge in [-0.1, -0.05) is 13.8 Å². The third kappa shape index (κ3) is 7.01. The number of nitrogens with one attached hydrogen (secondary N) is 4. The molecule has 45 heavy (non-hydrogen) atoms. The van der Waals surface area contributed by atoms with Gasteiger partial charge < -0.3 is 36.3 Å². The molecule has 0 aromatic carbocycles. The molecule has 2 fully saturated rings. The lowest BCUT2D eigenvalue weighted by atomic mass is 9.90. The fraction of sp³-hybridized carbons (Fsp3) is 0.485. The number of thiol groups is 1. The number of aliphatic hydroxyl groups is 1. The van der Waals surface area contributed by atoms with E-state index in [0.717, 1.165) is 56.4 Å². The van der Waals surface area contributed by atoms with Gasteiger partial charge in [-0.15, -0.1) is 0 Å². The summed E-state index contributed by atoms with van der Waals surface area (Å²) in [7, 11) is 0. The predicted octanol–water partition coefficient (Wildman–Crippen LogP) is 4.88. The topological polar surface area (TPSA) is 164 Å². The van der Waals surface area contributed by atoms with E-state index in [9.17, 15) is 29.7 Å². The standard InChI is InChI=1S/C33H42N4O6S2/c1-15-19(5-7-29(38)39)25(34-22(15)11-24-17(3)21(9-10-44)33(43)36-24)13-26-20(6-8-30(40)41)16(2)23(35-26)12-27-31(28-14-45-28)18(4)32(42)37-27/h9-10,12-13,17-18,22,24,28,31,34-36,43-44H,5-8,11,14H2,1-4H3,(H,37,42)(H,38,39)(H,40,41)/b10-9+,25-13+,27-12-/t17?,18-,22?,24-,28+,31-/m1/s1. The summed E-state index contributed by atoms with van der Waals surface area (Å²) < 4.78 is 0. The van der Waals surface area contributed by atoms with Gasteiger partial charge in [0.25, 0.3) is 0 Å². The minimum atomic E-state index is -0.893. The second kappa shape index (κ2) is 13.5. The Morgan fingerprint density at radius 2 is 1.71 bits per heavy atom. The zero-order chi connectivity index (χ0) is 32.6. The molecule has 2 saturated heterocycles. The molecule has 7 N–H and O–H groups in total. The number of carbonyl (C=O) groups is 3. The number of allylic oxidation sites excluding steroid dienone is 3. The third-order valence-electron chi connectivity index (χ3n) is 9.64. The summed E-state index contributed by atoms with van der Waals surface area (Å²) in [6.07, 6.45) is 6.99. The Morgan fingerprint density at radius 3 is 2.36 bits per heavy atom. The molecule has 4 aliphatic heterocycles. The fourth-order valence-corrected chi connectivity index (χ4v) is 7.94. The van der Waals surface area contributed by atoms with Crippen LogP contribution in [0.5, 0.6) is 0 Å². The van der Waals surface area contributed by atoms with E-state index in [4.69, 9.17) is 0 Å². The Bertz CT molecular complexity index is 1550. The molecule has 1 aromatic rings. The molecule has 5 heterocycles. The lowest BCUT2D eigenvalue weighted by Crippen LogP contribution is -2.36. The van der Waals surface area contributed by atoms with E-state index in [0.29, 0.717) is 24.5 Å². The van der Waals surface area contributed by atoms with E-state index < -0.39 is 11.9 Å². The van der Waals surface area contributed by atoms with Gasteiger partial charge in [-0.2, -0.15) is 24.4 Å². The van der Waals surface area contributed by atoms with Crippen molar-refractivity contribution in [2.24, 2.45) is 17.8 Å². The van der Waals surface area contributed by atoms with Crippen LogP contribution in [0.15, 0.2) is 45.5 Å². The van der Waals surface area contributed by atoms with E-state index in [-0.39, 0.29) is 54.5 Å². The predicted molar refractivity (Wildman–Crippen MR) is 179 cm³/mol. The number of thioether (sulfide) groups is 1. The highest BCUT2D eigenvalue weighted by atomic mass is 32.2. The Labute approximate surface area is 273 Å². The molecule has 12 heteroatoms. The first-order chi connectivity index (χ1) is 21.4. The SMILES string of the molecule is CC1=C(CCC(=O)O)/C(=C\c2[nH]c(/C=C3\NC(=O)[C@H](C)[C@H]3[C@@H]3CS3)c(C)c2CCC(=O)O)NC1C[C@H]1NC(O)=C(/C=C/S)C1C. The zero-order valence-corrected chi connectivity index (χ0v) is 27.6. The number of hydrogen-bond acceptors (Lipinski definition) is 8. The number of aromatic nitrogens is 1. The molecule has 0 radical (unpaired) electrons. The second-order valence-corrected chi connectivity index (χ2v) is 14.0. The molecule has 0 spiro atoms. The molecule has 0 bridgehead atoms. The highest BCUT2D eigenvalue weighted by Gasteiger charge is 2.45. The first-order valence-electron chi connectivity index (χ1n) is 15.4. The van der Waals surface area contributed by atoms with E-state index in [1.165, 1.54) is 0 Å². The number of aromatic amines is 1. The molecule has 1 amide bonds. The minimum absolute atomic E-state index is 0.0182. The average molecular weight is 655 g/mol.